The van der Waals surface area contributed by atoms with Crippen LogP contribution in [0.25, 0.3) is 11.3 Å². The lowest BCUT2D eigenvalue weighted by molar-refractivity contribution is -0.139. The van der Waals surface area contributed by atoms with Crippen LogP contribution in [0, 0.1) is 5.92 Å². The lowest BCUT2D eigenvalue weighted by Gasteiger charge is -2.27. The number of nitrogens with zero attached hydrogens (tertiary/aromatic N) is 2. The highest BCUT2D eigenvalue weighted by molar-refractivity contribution is 5.70. The van der Waals surface area contributed by atoms with Gasteiger partial charge in [-0.1, -0.05) is 13.8 Å². The smallest absolute Gasteiger partial charge is 0.420 e. The summed E-state index contributed by atoms with van der Waals surface area (Å²) in [6, 6.07) is 3.65. The highest BCUT2D eigenvalue weighted by Gasteiger charge is 2.36. The molecule has 0 aliphatic heterocycles. The predicted octanol–water partition coefficient (Wildman–Crippen LogP) is 4.02. The first-order chi connectivity index (χ1) is 13.9. The molecule has 10 heteroatoms. The molecule has 1 amide bonds. The molecule has 3 N–H and O–H groups in total. The Morgan fingerprint density at radius 2 is 1.97 bits per heavy atom. The van der Waals surface area contributed by atoms with Gasteiger partial charge in [0.25, 0.3) is 0 Å². The van der Waals surface area contributed by atoms with Crippen LogP contribution >= 0.6 is 0 Å². The quantitative estimate of drug-likeness (QED) is 0.694. The summed E-state index contributed by atoms with van der Waals surface area (Å²) >= 11 is 0. The van der Waals surface area contributed by atoms with Gasteiger partial charge < -0.3 is 20.5 Å². The van der Waals surface area contributed by atoms with Crippen LogP contribution in [0.2, 0.25) is 0 Å². The fourth-order valence-electron chi connectivity index (χ4n) is 2.94. The summed E-state index contributed by atoms with van der Waals surface area (Å²) in [4.78, 5) is 19.2. The molecule has 7 nitrogen and oxygen atoms in total. The van der Waals surface area contributed by atoms with Crippen molar-refractivity contribution in [2.24, 2.45) is 11.7 Å². The van der Waals surface area contributed by atoms with Gasteiger partial charge in [0.05, 0.1) is 11.9 Å². The highest BCUT2D eigenvalue weighted by atomic mass is 19.4. The number of nitrogens with two attached hydrogens (primary N) is 1. The molecule has 164 valence electrons. The Morgan fingerprint density at radius 3 is 2.57 bits per heavy atom. The van der Waals surface area contributed by atoms with E-state index in [0.717, 1.165) is 12.3 Å². The Balaban J connectivity index is 2.33. The zero-order valence-corrected chi connectivity index (χ0v) is 17.2. The molecule has 0 aliphatic carbocycles. The van der Waals surface area contributed by atoms with E-state index in [4.69, 9.17) is 15.2 Å². The van der Waals surface area contributed by atoms with Crippen LogP contribution in [0.3, 0.4) is 0 Å². The van der Waals surface area contributed by atoms with Crippen molar-refractivity contribution < 1.29 is 27.4 Å². The fourth-order valence-corrected chi connectivity index (χ4v) is 2.94. The van der Waals surface area contributed by atoms with E-state index >= 15 is 0 Å². The van der Waals surface area contributed by atoms with Crippen LogP contribution in [0.5, 0.6) is 11.6 Å². The molecule has 1 atom stereocenters. The zero-order valence-electron chi connectivity index (χ0n) is 17.2. The summed E-state index contributed by atoms with van der Waals surface area (Å²) < 4.78 is 51.2. The third-order valence-electron chi connectivity index (χ3n) is 4.04. The second-order valence-corrected chi connectivity index (χ2v) is 7.63. The maximum Gasteiger partial charge on any atom is 0.420 e. The molecular weight excluding hydrogens is 401 g/mol. The van der Waals surface area contributed by atoms with Gasteiger partial charge in [0.1, 0.15) is 17.9 Å². The van der Waals surface area contributed by atoms with Crippen molar-refractivity contribution in [2.75, 3.05) is 13.7 Å². The molecule has 0 fully saturated rings. The predicted molar refractivity (Wildman–Crippen MR) is 105 cm³/mol. The number of alkyl halides is 3. The molecule has 2 heterocycles. The molecule has 0 bridgehead atoms. The van der Waals surface area contributed by atoms with Gasteiger partial charge in [-0.2, -0.15) is 13.2 Å². The van der Waals surface area contributed by atoms with Gasteiger partial charge in [0, 0.05) is 30.4 Å². The number of carbonyl (C=O) groups excluding carboxylic acids is 1. The van der Waals surface area contributed by atoms with Gasteiger partial charge in [-0.3, -0.25) is 4.98 Å². The monoisotopic (exact) mass is 426 g/mol. The minimum Gasteiger partial charge on any atom is -0.489 e. The molecule has 0 saturated heterocycles. The summed E-state index contributed by atoms with van der Waals surface area (Å²) in [6.07, 6.45) is -2.50. The Morgan fingerprint density at radius 1 is 1.27 bits per heavy atom. The second kappa shape index (κ2) is 9.29. The average molecular weight is 426 g/mol. The van der Waals surface area contributed by atoms with Crippen LogP contribution in [0.4, 0.5) is 18.0 Å². The Hall–Kier alpha value is -2.88. The molecule has 0 aromatic carbocycles. The van der Waals surface area contributed by atoms with Gasteiger partial charge in [0.2, 0.25) is 5.88 Å². The summed E-state index contributed by atoms with van der Waals surface area (Å²) in [5.41, 5.74) is 4.70. The van der Waals surface area contributed by atoms with Gasteiger partial charge >= 0.3 is 12.3 Å². The van der Waals surface area contributed by atoms with Crippen molar-refractivity contribution in [1.29, 1.82) is 0 Å². The lowest BCUT2D eigenvalue weighted by Crippen LogP contribution is -2.43. The van der Waals surface area contributed by atoms with Gasteiger partial charge in [-0.25, -0.2) is 9.78 Å². The number of carbonyl (C=O) groups is 1. The van der Waals surface area contributed by atoms with Crippen molar-refractivity contribution in [1.82, 2.24) is 15.3 Å². The first kappa shape index (κ1) is 23.4. The number of hydrogen-bond donors (Lipinski definition) is 2. The van der Waals surface area contributed by atoms with Crippen LogP contribution in [-0.4, -0.2) is 35.3 Å². The third-order valence-corrected chi connectivity index (χ3v) is 4.04. The van der Waals surface area contributed by atoms with Crippen molar-refractivity contribution in [3.8, 4) is 22.9 Å². The zero-order chi connectivity index (χ0) is 22.5. The number of amides is 1. The first-order valence-electron chi connectivity index (χ1n) is 9.26. The van der Waals surface area contributed by atoms with E-state index in [9.17, 15) is 18.0 Å². The summed E-state index contributed by atoms with van der Waals surface area (Å²) in [5, 5.41) is 2.25. The lowest BCUT2D eigenvalue weighted by atomic mass is 9.93. The Labute approximate surface area is 172 Å². The van der Waals surface area contributed by atoms with E-state index in [-0.39, 0.29) is 24.1 Å². The van der Waals surface area contributed by atoms with Crippen LogP contribution in [-0.2, 0) is 6.18 Å². The number of halogens is 3. The van der Waals surface area contributed by atoms with Gasteiger partial charge in [-0.05, 0) is 31.4 Å². The minimum atomic E-state index is -4.66. The molecule has 2 aromatic rings. The molecule has 2 aromatic heterocycles. The van der Waals surface area contributed by atoms with Crippen LogP contribution < -0.4 is 20.5 Å². The van der Waals surface area contributed by atoms with Gasteiger partial charge in [0.15, 0.2) is 0 Å². The van der Waals surface area contributed by atoms with Crippen molar-refractivity contribution in [3.05, 3.63) is 36.2 Å². The van der Waals surface area contributed by atoms with Crippen molar-refractivity contribution >= 4 is 6.09 Å². The third kappa shape index (κ3) is 6.58. The Kier molecular flexibility index (Phi) is 7.25. The number of pyridine rings is 2. The van der Waals surface area contributed by atoms with E-state index in [1.807, 2.05) is 13.8 Å². The Bertz CT molecular complexity index is 886. The summed E-state index contributed by atoms with van der Waals surface area (Å²) in [7, 11) is 1.37. The van der Waals surface area contributed by atoms with Crippen LogP contribution in [0.1, 0.15) is 32.8 Å². The molecule has 0 saturated carbocycles. The normalized spacial score (nSPS) is 13.6. The SMILES string of the molecule is CNC(=O)Oc1cc(-c2cc(C(F)(F)F)c(OC[C@](C)(N)CC(C)C)cn2)ccn1. The van der Waals surface area contributed by atoms with E-state index in [2.05, 4.69) is 15.3 Å². The number of hydrogen-bond acceptors (Lipinski definition) is 6. The van der Waals surface area contributed by atoms with Crippen molar-refractivity contribution in [3.63, 3.8) is 0 Å². The molecule has 0 aliphatic rings. The van der Waals surface area contributed by atoms with Crippen LogP contribution in [0.15, 0.2) is 30.6 Å². The average Bonchev–Trinajstić information content (AvgIpc) is 2.64. The molecule has 0 radical (unpaired) electrons. The molecule has 2 rings (SSSR count). The minimum absolute atomic E-state index is 0.0246. The van der Waals surface area contributed by atoms with E-state index in [1.165, 1.54) is 25.4 Å². The molecule has 30 heavy (non-hydrogen) atoms. The highest BCUT2D eigenvalue weighted by Crippen LogP contribution is 2.38. The molecule has 0 unspecified atom stereocenters. The maximum atomic E-state index is 13.6. The number of aromatic nitrogens is 2. The van der Waals surface area contributed by atoms with E-state index < -0.39 is 29.1 Å². The number of nitrogens with one attached hydrogen (secondary N) is 1. The van der Waals surface area contributed by atoms with E-state index in [1.54, 1.807) is 6.92 Å². The number of rotatable bonds is 7. The van der Waals surface area contributed by atoms with Crippen molar-refractivity contribution in [2.45, 2.75) is 38.9 Å². The fraction of sp³-hybridized carbons (Fsp3) is 0.450. The topological polar surface area (TPSA) is 99.4 Å². The second-order valence-electron chi connectivity index (χ2n) is 7.63. The van der Waals surface area contributed by atoms with Gasteiger partial charge in [-0.15, -0.1) is 0 Å². The molecule has 0 spiro atoms. The largest absolute Gasteiger partial charge is 0.489 e. The summed E-state index contributed by atoms with van der Waals surface area (Å²) in [5.74, 6) is -0.207. The standard InChI is InChI=1S/C20H25F3N4O3/c1-12(2)9-19(3,24)11-29-16-10-27-15(8-14(16)20(21,22)23)13-5-6-26-17(7-13)30-18(28)25-4/h5-8,10,12H,9,11,24H2,1-4H3,(H,25,28)/t19-/m1/s1. The number of ether oxygens (including phenoxy) is 2. The summed E-state index contributed by atoms with van der Waals surface area (Å²) in [6.45, 7) is 5.58. The first-order valence-corrected chi connectivity index (χ1v) is 9.26. The van der Waals surface area contributed by atoms with E-state index in [0.29, 0.717) is 12.0 Å². The molecular formula is C20H25F3N4O3. The maximum absolute atomic E-state index is 13.6.